The van der Waals surface area contributed by atoms with E-state index in [2.05, 4.69) is 45.8 Å². The number of likely N-dealkylation sites (tertiary alicyclic amines) is 1. The highest BCUT2D eigenvalue weighted by atomic mass is 16.5. The highest BCUT2D eigenvalue weighted by molar-refractivity contribution is 5.74. The minimum Gasteiger partial charge on any atom is -0.453 e. The van der Waals surface area contributed by atoms with Gasteiger partial charge in [-0.05, 0) is 57.6 Å². The van der Waals surface area contributed by atoms with Crippen molar-refractivity contribution in [3.8, 4) is 0 Å². The van der Waals surface area contributed by atoms with E-state index in [-0.39, 0.29) is 24.1 Å². The molecule has 202 valence electrons. The summed E-state index contributed by atoms with van der Waals surface area (Å²) in [4.78, 5) is 26.7. The zero-order valence-electron chi connectivity index (χ0n) is 22.1. The van der Waals surface area contributed by atoms with Crippen LogP contribution in [-0.2, 0) is 14.2 Å². The molecule has 2 saturated heterocycles. The number of hydrogen-bond donors (Lipinski definition) is 3. The van der Waals surface area contributed by atoms with Crippen LogP contribution in [0.15, 0.2) is 24.3 Å². The number of methoxy groups -OCH3 is 1. The van der Waals surface area contributed by atoms with Crippen LogP contribution in [0.1, 0.15) is 49.3 Å². The second kappa shape index (κ2) is 15.0. The molecule has 3 amide bonds. The van der Waals surface area contributed by atoms with Gasteiger partial charge in [0.05, 0.1) is 19.8 Å². The van der Waals surface area contributed by atoms with E-state index >= 15 is 0 Å². The van der Waals surface area contributed by atoms with Gasteiger partial charge in [0, 0.05) is 51.4 Å². The predicted molar refractivity (Wildman–Crippen MR) is 139 cm³/mol. The zero-order valence-corrected chi connectivity index (χ0v) is 22.1. The van der Waals surface area contributed by atoms with E-state index in [1.165, 1.54) is 12.7 Å². The first-order valence-corrected chi connectivity index (χ1v) is 13.3. The van der Waals surface area contributed by atoms with Crippen molar-refractivity contribution in [2.24, 2.45) is 11.8 Å². The van der Waals surface area contributed by atoms with Crippen LogP contribution in [-0.4, -0.2) is 83.2 Å². The molecule has 2 aliphatic heterocycles. The van der Waals surface area contributed by atoms with Crippen LogP contribution in [0.3, 0.4) is 0 Å². The highest BCUT2D eigenvalue weighted by Crippen LogP contribution is 2.33. The summed E-state index contributed by atoms with van der Waals surface area (Å²) in [6.45, 7) is 6.57. The summed E-state index contributed by atoms with van der Waals surface area (Å²) in [5, 5.41) is 9.21. The topological polar surface area (TPSA) is 101 Å². The minimum absolute atomic E-state index is 0.00218. The van der Waals surface area contributed by atoms with Gasteiger partial charge in [0.15, 0.2) is 0 Å². The van der Waals surface area contributed by atoms with Crippen molar-refractivity contribution in [3.05, 3.63) is 35.4 Å². The molecule has 3 atom stereocenters. The van der Waals surface area contributed by atoms with Crippen molar-refractivity contribution >= 4 is 12.1 Å². The number of ether oxygens (including phenoxy) is 3. The fourth-order valence-corrected chi connectivity index (χ4v) is 5.29. The number of likely N-dealkylation sites (N-methyl/N-ethyl adjacent to an activating group) is 1. The molecular weight excluding hydrogens is 460 g/mol. The first-order chi connectivity index (χ1) is 17.5. The summed E-state index contributed by atoms with van der Waals surface area (Å²) in [5.74, 6) is 0.756. The van der Waals surface area contributed by atoms with Crippen molar-refractivity contribution in [3.63, 3.8) is 0 Å². The number of hydrogen-bond acceptors (Lipinski definition) is 6. The molecule has 1 aromatic rings. The number of nitrogens with zero attached hydrogens (tertiary/aromatic N) is 1. The number of benzene rings is 1. The molecule has 3 rings (SSSR count). The lowest BCUT2D eigenvalue weighted by atomic mass is 9.88. The van der Waals surface area contributed by atoms with Gasteiger partial charge < -0.3 is 35.1 Å². The predicted octanol–water partition coefficient (Wildman–Crippen LogP) is 3.24. The quantitative estimate of drug-likeness (QED) is 0.400. The molecular formula is C27H44N4O5. The minimum atomic E-state index is -0.469. The third-order valence-electron chi connectivity index (χ3n) is 7.13. The summed E-state index contributed by atoms with van der Waals surface area (Å²) >= 11 is 0. The molecule has 0 spiro atoms. The molecule has 0 aliphatic carbocycles. The SMILES string of the molecule is CNC[C@H](CC1CCOCC1)NC(=O)N1CCC[C@@H](C(OCCNC(=O)OC)c2cccc(C)c2)C1. The van der Waals surface area contributed by atoms with E-state index in [0.717, 1.165) is 64.0 Å². The lowest BCUT2D eigenvalue weighted by Gasteiger charge is -2.38. The number of urea groups is 1. The monoisotopic (exact) mass is 504 g/mol. The first-order valence-electron chi connectivity index (χ1n) is 13.3. The fraction of sp³-hybridized carbons (Fsp3) is 0.704. The number of aryl methyl sites for hydroxylation is 1. The van der Waals surface area contributed by atoms with Gasteiger partial charge in [0.1, 0.15) is 0 Å². The van der Waals surface area contributed by atoms with E-state index in [1.54, 1.807) is 0 Å². The lowest BCUT2D eigenvalue weighted by Crippen LogP contribution is -2.52. The van der Waals surface area contributed by atoms with Crippen molar-refractivity contribution in [1.82, 2.24) is 20.9 Å². The Morgan fingerprint density at radius 1 is 1.22 bits per heavy atom. The molecule has 0 bridgehead atoms. The molecule has 2 aliphatic rings. The van der Waals surface area contributed by atoms with Crippen LogP contribution in [0, 0.1) is 18.8 Å². The number of alkyl carbamates (subject to hydrolysis) is 1. The number of piperidine rings is 1. The molecule has 1 aromatic carbocycles. The fourth-order valence-electron chi connectivity index (χ4n) is 5.29. The Morgan fingerprint density at radius 2 is 2.03 bits per heavy atom. The number of carbonyl (C=O) groups excluding carboxylic acids is 2. The standard InChI is InChI=1S/C27H44N4O5/c1-20-6-4-7-22(16-20)25(36-15-11-29-27(33)34-3)23-8-5-12-31(19-23)26(32)30-24(18-28-2)17-21-9-13-35-14-10-21/h4,6-7,16,21,23-25,28H,5,8-15,17-19H2,1-3H3,(H,29,33)(H,30,32)/t23-,24+,25?/m1/s1. The van der Waals surface area contributed by atoms with E-state index in [0.29, 0.717) is 25.6 Å². The second-order valence-electron chi connectivity index (χ2n) is 9.97. The van der Waals surface area contributed by atoms with Gasteiger partial charge in [0.25, 0.3) is 0 Å². The molecule has 2 heterocycles. The largest absolute Gasteiger partial charge is 0.453 e. The van der Waals surface area contributed by atoms with Gasteiger partial charge in [-0.15, -0.1) is 0 Å². The van der Waals surface area contributed by atoms with Gasteiger partial charge in [0.2, 0.25) is 0 Å². The van der Waals surface area contributed by atoms with Crippen LogP contribution in [0.5, 0.6) is 0 Å². The molecule has 1 unspecified atom stereocenters. The maximum atomic E-state index is 13.3. The third-order valence-corrected chi connectivity index (χ3v) is 7.13. The van der Waals surface area contributed by atoms with Crippen molar-refractivity contribution in [2.45, 2.75) is 51.2 Å². The molecule has 0 aromatic heterocycles. The molecule has 0 radical (unpaired) electrons. The molecule has 2 fully saturated rings. The number of nitrogens with one attached hydrogen (secondary N) is 3. The number of rotatable bonds is 11. The third kappa shape index (κ3) is 8.94. The van der Waals surface area contributed by atoms with Gasteiger partial charge in [-0.2, -0.15) is 0 Å². The Morgan fingerprint density at radius 3 is 2.75 bits per heavy atom. The molecule has 0 saturated carbocycles. The average Bonchev–Trinajstić information content (AvgIpc) is 2.89. The van der Waals surface area contributed by atoms with Gasteiger partial charge >= 0.3 is 12.1 Å². The van der Waals surface area contributed by atoms with Crippen LogP contribution in [0.4, 0.5) is 9.59 Å². The van der Waals surface area contributed by atoms with Crippen molar-refractivity contribution in [1.29, 1.82) is 0 Å². The zero-order chi connectivity index (χ0) is 25.8. The Labute approximate surface area is 215 Å². The molecule has 36 heavy (non-hydrogen) atoms. The Hall–Kier alpha value is -2.36. The average molecular weight is 505 g/mol. The second-order valence-corrected chi connectivity index (χ2v) is 9.97. The molecule has 3 N–H and O–H groups in total. The number of carbonyl (C=O) groups is 2. The summed E-state index contributed by atoms with van der Waals surface area (Å²) in [7, 11) is 3.27. The van der Waals surface area contributed by atoms with Crippen LogP contribution in [0.25, 0.3) is 0 Å². The van der Waals surface area contributed by atoms with E-state index in [1.807, 2.05) is 18.0 Å². The summed E-state index contributed by atoms with van der Waals surface area (Å²) in [5.41, 5.74) is 2.27. The maximum Gasteiger partial charge on any atom is 0.406 e. The Bertz CT molecular complexity index is 817. The Kier molecular flexibility index (Phi) is 11.8. The summed E-state index contributed by atoms with van der Waals surface area (Å²) in [6.07, 6.45) is 4.37. The molecule has 9 nitrogen and oxygen atoms in total. The van der Waals surface area contributed by atoms with Crippen LogP contribution >= 0.6 is 0 Å². The van der Waals surface area contributed by atoms with Crippen molar-refractivity contribution in [2.75, 3.05) is 60.2 Å². The van der Waals surface area contributed by atoms with Crippen molar-refractivity contribution < 1.29 is 23.8 Å². The van der Waals surface area contributed by atoms with E-state index in [9.17, 15) is 9.59 Å². The smallest absolute Gasteiger partial charge is 0.406 e. The normalized spacial score (nSPS) is 20.4. The van der Waals surface area contributed by atoms with E-state index in [4.69, 9.17) is 9.47 Å². The van der Waals surface area contributed by atoms with E-state index < -0.39 is 6.09 Å². The summed E-state index contributed by atoms with van der Waals surface area (Å²) < 4.78 is 16.5. The first kappa shape index (κ1) is 28.2. The lowest BCUT2D eigenvalue weighted by molar-refractivity contribution is -0.00872. The maximum absolute atomic E-state index is 13.3. The van der Waals surface area contributed by atoms with Gasteiger partial charge in [-0.25, -0.2) is 9.59 Å². The Balaban J connectivity index is 1.62. The van der Waals surface area contributed by atoms with Gasteiger partial charge in [-0.1, -0.05) is 29.8 Å². The molecule has 9 heteroatoms. The number of amides is 3. The van der Waals surface area contributed by atoms with Crippen LogP contribution in [0.2, 0.25) is 0 Å². The van der Waals surface area contributed by atoms with Gasteiger partial charge in [-0.3, -0.25) is 0 Å². The summed E-state index contributed by atoms with van der Waals surface area (Å²) in [6, 6.07) is 8.44. The van der Waals surface area contributed by atoms with Crippen LogP contribution < -0.4 is 16.0 Å². The highest BCUT2D eigenvalue weighted by Gasteiger charge is 2.32.